The minimum Gasteiger partial charge on any atom is -0.344 e. The van der Waals surface area contributed by atoms with Gasteiger partial charge in [0.25, 0.3) is 5.56 Å². The first-order valence-corrected chi connectivity index (χ1v) is 13.8. The summed E-state index contributed by atoms with van der Waals surface area (Å²) in [6.45, 7) is 11.8. The highest BCUT2D eigenvalue weighted by Crippen LogP contribution is 2.51. The van der Waals surface area contributed by atoms with Crippen molar-refractivity contribution in [2.75, 3.05) is 5.75 Å². The number of fused-ring (bicyclic) bond motifs is 2. The lowest BCUT2D eigenvalue weighted by atomic mass is 10.1. The van der Waals surface area contributed by atoms with Crippen LogP contribution in [0.15, 0.2) is 21.9 Å². The van der Waals surface area contributed by atoms with Gasteiger partial charge < -0.3 is 18.9 Å². The molecule has 4 aliphatic heterocycles. The van der Waals surface area contributed by atoms with E-state index < -0.39 is 28.1 Å². The number of nitrogens with zero attached hydrogens (tertiary/aromatic N) is 1. The molecule has 1 aromatic rings. The summed E-state index contributed by atoms with van der Waals surface area (Å²) in [5.41, 5.74) is -0.791. The number of aromatic nitrogens is 2. The van der Waals surface area contributed by atoms with Crippen LogP contribution in [0.25, 0.3) is 0 Å². The number of ether oxygens (including phenoxy) is 4. The maximum absolute atomic E-state index is 12.0. The molecule has 33 heavy (non-hydrogen) atoms. The van der Waals surface area contributed by atoms with Crippen LogP contribution in [-0.4, -0.2) is 66.0 Å². The number of nitrogens with one attached hydrogen (secondary N) is 1. The van der Waals surface area contributed by atoms with Crippen molar-refractivity contribution < 1.29 is 23.2 Å². The minimum atomic E-state index is -0.753. The molecule has 0 aliphatic carbocycles. The van der Waals surface area contributed by atoms with Crippen LogP contribution in [0.5, 0.6) is 0 Å². The molecule has 1 aromatic heterocycles. The third-order valence-electron chi connectivity index (χ3n) is 6.31. The summed E-state index contributed by atoms with van der Waals surface area (Å²) in [5.74, 6) is -0.465. The summed E-state index contributed by atoms with van der Waals surface area (Å²) in [4.78, 5) is 25.4. The summed E-state index contributed by atoms with van der Waals surface area (Å²) >= 11 is 1.67. The van der Waals surface area contributed by atoms with Gasteiger partial charge in [0.1, 0.15) is 23.7 Å². The van der Waals surface area contributed by atoms with E-state index in [0.29, 0.717) is 5.75 Å². The fraction of sp³-hybridized carbons (Fsp3) is 0.818. The largest absolute Gasteiger partial charge is 0.344 e. The van der Waals surface area contributed by atoms with Crippen molar-refractivity contribution in [3.63, 3.8) is 0 Å². The predicted molar refractivity (Wildman–Crippen MR) is 127 cm³/mol. The van der Waals surface area contributed by atoms with Crippen LogP contribution in [0.3, 0.4) is 0 Å². The van der Waals surface area contributed by atoms with Gasteiger partial charge in [0.05, 0.1) is 17.1 Å². The standard InChI is InChI=1S/C13H18N2O4S.C9H16O3S/c1-4-7-9-10(19-13(2,3)18-9)11(20-7)15-6-5-8(16)14-12(15)17;1-4-7-8-6(5-13(7)10)11-9(2,3)12-8/h5-7,9-11H,4H2,1-3H3,(H,14,16,17);6-8H,4-5H2,1-3H3/t7-,9-,10-,11-;6-,7+,8-,13-/m10/s1. The smallest absolute Gasteiger partial charge is 0.329 e. The summed E-state index contributed by atoms with van der Waals surface area (Å²) < 4.78 is 36.4. The van der Waals surface area contributed by atoms with Crippen LogP contribution in [0.2, 0.25) is 0 Å². The van der Waals surface area contributed by atoms with E-state index in [-0.39, 0.29) is 45.8 Å². The molecule has 0 bridgehead atoms. The van der Waals surface area contributed by atoms with Crippen LogP contribution in [-0.2, 0) is 29.7 Å². The third-order valence-corrected chi connectivity index (χ3v) is 9.97. The Morgan fingerprint density at radius 1 is 1.03 bits per heavy atom. The van der Waals surface area contributed by atoms with E-state index in [2.05, 4.69) is 18.8 Å². The molecule has 0 saturated carbocycles. The van der Waals surface area contributed by atoms with Crippen molar-refractivity contribution >= 4 is 22.6 Å². The van der Waals surface area contributed by atoms with Gasteiger partial charge in [-0.1, -0.05) is 13.8 Å². The molecule has 8 atom stereocenters. The van der Waals surface area contributed by atoms with Gasteiger partial charge in [0.15, 0.2) is 11.6 Å². The minimum absolute atomic E-state index is 0.0242. The second-order valence-corrected chi connectivity index (χ2v) is 12.7. The molecular weight excluding hydrogens is 468 g/mol. The average Bonchev–Trinajstić information content (AvgIpc) is 3.37. The van der Waals surface area contributed by atoms with Gasteiger partial charge >= 0.3 is 5.69 Å². The third kappa shape index (κ3) is 5.04. The zero-order valence-electron chi connectivity index (χ0n) is 19.9. The van der Waals surface area contributed by atoms with Crippen LogP contribution in [0.1, 0.15) is 59.8 Å². The fourth-order valence-electron chi connectivity index (χ4n) is 5.00. The Hall–Kier alpha value is -0.980. The predicted octanol–water partition coefficient (Wildman–Crippen LogP) is 2.13. The highest BCUT2D eigenvalue weighted by Gasteiger charge is 2.55. The molecule has 5 heterocycles. The highest BCUT2D eigenvalue weighted by molar-refractivity contribution is 8.00. The Bertz CT molecular complexity index is 1010. The van der Waals surface area contributed by atoms with Gasteiger partial charge in [-0.15, -0.1) is 11.8 Å². The molecule has 4 fully saturated rings. The monoisotopic (exact) mass is 502 g/mol. The molecule has 0 unspecified atom stereocenters. The Morgan fingerprint density at radius 3 is 2.30 bits per heavy atom. The second-order valence-electron chi connectivity index (χ2n) is 9.69. The van der Waals surface area contributed by atoms with Gasteiger partial charge in [-0.3, -0.25) is 18.6 Å². The van der Waals surface area contributed by atoms with Crippen molar-refractivity contribution in [2.24, 2.45) is 0 Å². The molecule has 0 spiro atoms. The number of aromatic amines is 1. The zero-order valence-corrected chi connectivity index (χ0v) is 21.6. The van der Waals surface area contributed by atoms with Crippen LogP contribution in [0.4, 0.5) is 0 Å². The van der Waals surface area contributed by atoms with Crippen LogP contribution < -0.4 is 11.2 Å². The molecule has 186 valence electrons. The first kappa shape index (κ1) is 25.1. The Labute approximate surface area is 200 Å². The van der Waals surface area contributed by atoms with E-state index in [1.54, 1.807) is 11.8 Å². The van der Waals surface area contributed by atoms with E-state index in [1.807, 2.05) is 27.7 Å². The summed E-state index contributed by atoms with van der Waals surface area (Å²) in [6.07, 6.45) is 3.30. The van der Waals surface area contributed by atoms with Gasteiger partial charge in [-0.2, -0.15) is 0 Å². The Morgan fingerprint density at radius 2 is 1.67 bits per heavy atom. The van der Waals surface area contributed by atoms with Gasteiger partial charge in [0.2, 0.25) is 0 Å². The van der Waals surface area contributed by atoms with E-state index in [9.17, 15) is 13.8 Å². The van der Waals surface area contributed by atoms with E-state index in [1.165, 1.54) is 16.8 Å². The quantitative estimate of drug-likeness (QED) is 0.670. The maximum atomic E-state index is 12.0. The second kappa shape index (κ2) is 9.23. The first-order valence-electron chi connectivity index (χ1n) is 11.5. The SMILES string of the molecule is CC[C@@H]1[C@H]2OC(C)(C)O[C@H]2C[S@@]1=O.CC[C@H]1S[C@@H](n2ccc(=O)[nH]c2=O)[C@@H]2OC(C)(C)O[C@@H]21. The normalized spacial score (nSPS) is 40.2. The summed E-state index contributed by atoms with van der Waals surface area (Å²) in [7, 11) is -0.753. The molecule has 4 aliphatic rings. The van der Waals surface area contributed by atoms with Crippen LogP contribution >= 0.6 is 11.8 Å². The van der Waals surface area contributed by atoms with Crippen LogP contribution in [0, 0.1) is 0 Å². The molecule has 5 rings (SSSR count). The van der Waals surface area contributed by atoms with E-state index in [4.69, 9.17) is 18.9 Å². The molecule has 1 N–H and O–H groups in total. The molecular formula is C22H34N2O7S2. The van der Waals surface area contributed by atoms with Gasteiger partial charge in [-0.05, 0) is 40.5 Å². The molecule has 0 aromatic carbocycles. The molecule has 4 saturated heterocycles. The zero-order chi connectivity index (χ0) is 24.1. The Balaban J connectivity index is 0.000000172. The number of rotatable bonds is 3. The van der Waals surface area contributed by atoms with Crippen molar-refractivity contribution in [2.45, 2.75) is 106 Å². The number of H-pyrrole nitrogens is 1. The lowest BCUT2D eigenvalue weighted by Gasteiger charge is -2.23. The summed E-state index contributed by atoms with van der Waals surface area (Å²) in [5, 5.41) is 0.286. The average molecular weight is 503 g/mol. The molecule has 0 radical (unpaired) electrons. The van der Waals surface area contributed by atoms with E-state index >= 15 is 0 Å². The first-order chi connectivity index (χ1) is 15.4. The fourth-order valence-corrected chi connectivity index (χ4v) is 8.31. The van der Waals surface area contributed by atoms with Gasteiger partial charge in [-0.25, -0.2) is 4.79 Å². The molecule has 0 amide bonds. The van der Waals surface area contributed by atoms with Crippen molar-refractivity contribution in [3.8, 4) is 0 Å². The maximum Gasteiger partial charge on any atom is 0.329 e. The molecule has 11 heteroatoms. The number of hydrogen-bond donors (Lipinski definition) is 1. The lowest BCUT2D eigenvalue weighted by molar-refractivity contribution is -0.149. The van der Waals surface area contributed by atoms with E-state index in [0.717, 1.165) is 12.8 Å². The van der Waals surface area contributed by atoms with Gasteiger partial charge in [0, 0.05) is 28.3 Å². The summed E-state index contributed by atoms with van der Waals surface area (Å²) in [6, 6.07) is 1.36. The number of hydrogen-bond acceptors (Lipinski definition) is 8. The lowest BCUT2D eigenvalue weighted by Crippen LogP contribution is -2.36. The Kier molecular flexibility index (Phi) is 7.03. The van der Waals surface area contributed by atoms with Crippen molar-refractivity contribution in [1.82, 2.24) is 9.55 Å². The highest BCUT2D eigenvalue weighted by atomic mass is 32.2. The van der Waals surface area contributed by atoms with Crippen molar-refractivity contribution in [1.29, 1.82) is 0 Å². The number of thioether (sulfide) groups is 1. The topological polar surface area (TPSA) is 109 Å². The van der Waals surface area contributed by atoms with Crippen molar-refractivity contribution in [3.05, 3.63) is 33.1 Å². The molecule has 9 nitrogen and oxygen atoms in total.